The van der Waals surface area contributed by atoms with Gasteiger partial charge in [0.1, 0.15) is 0 Å². The van der Waals surface area contributed by atoms with Crippen molar-refractivity contribution in [3.8, 4) is 0 Å². The van der Waals surface area contributed by atoms with Gasteiger partial charge in [0.25, 0.3) is 0 Å². The Kier molecular flexibility index (Phi) is 34.2. The van der Waals surface area contributed by atoms with E-state index in [1.54, 1.807) is 0 Å². The van der Waals surface area contributed by atoms with Gasteiger partial charge in [-0.1, -0.05) is 26.7 Å². The summed E-state index contributed by atoms with van der Waals surface area (Å²) in [5, 5.41) is 15.4. The van der Waals surface area contributed by atoms with E-state index in [9.17, 15) is 0 Å². The Bertz CT molecular complexity index is 48.1. The predicted molar refractivity (Wildman–Crippen MR) is 47.0 cm³/mol. The van der Waals surface area contributed by atoms with Crippen LogP contribution < -0.4 is 0 Å². The normalized spacial score (nSPS) is 8.31. The van der Waals surface area contributed by atoms with Gasteiger partial charge in [0.05, 0.1) is 13.2 Å². The Hall–Kier alpha value is 0.762. The van der Waals surface area contributed by atoms with Crippen molar-refractivity contribution in [2.45, 2.75) is 39.5 Å². The molecule has 0 amide bonds. The summed E-state index contributed by atoms with van der Waals surface area (Å²) in [4.78, 5) is 7.56. The zero-order valence-corrected chi connectivity index (χ0v) is 12.7. The van der Waals surface area contributed by atoms with Crippen molar-refractivity contribution in [2.75, 3.05) is 13.2 Å². The molecule has 78 valence electrons. The van der Waals surface area contributed by atoms with Crippen LogP contribution in [0.3, 0.4) is 0 Å². The standard InChI is InChI=1S/2C4H10O2.Cd/c2*1-2-3-4-6-5;/h2*5H,2-4H2,1H3;. The third kappa shape index (κ3) is 32.3. The Morgan fingerprint density at radius 3 is 1.23 bits per heavy atom. The Morgan fingerprint density at radius 2 is 1.15 bits per heavy atom. The van der Waals surface area contributed by atoms with Crippen molar-refractivity contribution < 1.29 is 47.6 Å². The number of rotatable bonds is 6. The summed E-state index contributed by atoms with van der Waals surface area (Å²) in [6.07, 6.45) is 4.02. The Balaban J connectivity index is -0.000000143. The number of hydrogen-bond donors (Lipinski definition) is 2. The summed E-state index contributed by atoms with van der Waals surface area (Å²) >= 11 is 0. The van der Waals surface area contributed by atoms with Gasteiger partial charge in [-0.25, -0.2) is 9.78 Å². The van der Waals surface area contributed by atoms with E-state index in [2.05, 4.69) is 9.78 Å². The summed E-state index contributed by atoms with van der Waals surface area (Å²) in [7, 11) is 0. The van der Waals surface area contributed by atoms with E-state index in [0.717, 1.165) is 25.7 Å². The molecule has 0 aromatic heterocycles. The van der Waals surface area contributed by atoms with Gasteiger partial charge >= 0.3 is 0 Å². The molecule has 0 fully saturated rings. The molecule has 0 saturated heterocycles. The van der Waals surface area contributed by atoms with Crippen LogP contribution in [0.15, 0.2) is 0 Å². The molecule has 0 heterocycles. The molecule has 13 heavy (non-hydrogen) atoms. The van der Waals surface area contributed by atoms with Crippen LogP contribution in [0, 0.1) is 0 Å². The maximum Gasteiger partial charge on any atom is 0.0819 e. The van der Waals surface area contributed by atoms with Gasteiger partial charge in [-0.15, -0.1) is 0 Å². The first kappa shape index (κ1) is 19.4. The van der Waals surface area contributed by atoms with Crippen LogP contribution in [0.2, 0.25) is 0 Å². The van der Waals surface area contributed by atoms with Gasteiger partial charge in [-0.2, -0.15) is 0 Å². The van der Waals surface area contributed by atoms with Crippen LogP contribution in [-0.4, -0.2) is 23.7 Å². The Labute approximate surface area is 100 Å². The van der Waals surface area contributed by atoms with Crippen molar-refractivity contribution in [3.63, 3.8) is 0 Å². The van der Waals surface area contributed by atoms with Crippen molar-refractivity contribution in [2.24, 2.45) is 0 Å². The molecule has 0 aliphatic carbocycles. The first-order chi connectivity index (χ1) is 5.83. The minimum atomic E-state index is 0. The van der Waals surface area contributed by atoms with Crippen molar-refractivity contribution >= 4 is 0 Å². The molecule has 0 aromatic carbocycles. The summed E-state index contributed by atoms with van der Waals surface area (Å²) in [6.45, 7) is 5.02. The van der Waals surface area contributed by atoms with Gasteiger partial charge in [-0.3, -0.25) is 10.5 Å². The first-order valence-electron chi connectivity index (χ1n) is 4.36. The van der Waals surface area contributed by atoms with Crippen molar-refractivity contribution in [1.82, 2.24) is 0 Å². The van der Waals surface area contributed by atoms with Crippen LogP contribution in [-0.2, 0) is 37.1 Å². The molecule has 0 aliphatic rings. The average molecular weight is 293 g/mol. The second-order valence-corrected chi connectivity index (χ2v) is 2.37. The summed E-state index contributed by atoms with van der Waals surface area (Å²) in [5.74, 6) is 0. The Morgan fingerprint density at radius 1 is 0.846 bits per heavy atom. The fourth-order valence-corrected chi connectivity index (χ4v) is 0.418. The van der Waals surface area contributed by atoms with E-state index in [4.69, 9.17) is 10.5 Å². The summed E-state index contributed by atoms with van der Waals surface area (Å²) in [5.41, 5.74) is 0. The molecule has 5 heteroatoms. The monoisotopic (exact) mass is 294 g/mol. The minimum absolute atomic E-state index is 0. The topological polar surface area (TPSA) is 58.9 Å². The molecular formula is C8H20CdO4. The number of unbranched alkanes of at least 4 members (excludes halogenated alkanes) is 2. The van der Waals surface area contributed by atoms with Crippen LogP contribution >= 0.6 is 0 Å². The summed E-state index contributed by atoms with van der Waals surface area (Å²) < 4.78 is 0. The average Bonchev–Trinajstić information content (AvgIpc) is 2.12. The van der Waals surface area contributed by atoms with Crippen molar-refractivity contribution in [1.29, 1.82) is 0 Å². The molecule has 2 N–H and O–H groups in total. The summed E-state index contributed by atoms with van der Waals surface area (Å²) in [6, 6.07) is 0. The van der Waals surface area contributed by atoms with Crippen LogP contribution in [0.1, 0.15) is 39.5 Å². The SMILES string of the molecule is CCCCOO.CCCCOO.[Cd]. The molecule has 0 aliphatic heterocycles. The smallest absolute Gasteiger partial charge is 0.0819 e. The van der Waals surface area contributed by atoms with Gasteiger partial charge in [0.2, 0.25) is 0 Å². The predicted octanol–water partition coefficient (Wildman–Crippen LogP) is 2.55. The molecule has 0 bridgehead atoms. The van der Waals surface area contributed by atoms with E-state index >= 15 is 0 Å². The van der Waals surface area contributed by atoms with Crippen LogP contribution in [0.4, 0.5) is 0 Å². The molecule has 0 radical (unpaired) electrons. The van der Waals surface area contributed by atoms with E-state index in [1.165, 1.54) is 0 Å². The van der Waals surface area contributed by atoms with Gasteiger partial charge in [0.15, 0.2) is 0 Å². The molecule has 0 atom stereocenters. The largest absolute Gasteiger partial charge is 0.252 e. The first-order valence-corrected chi connectivity index (χ1v) is 4.36. The fourth-order valence-electron chi connectivity index (χ4n) is 0.418. The quantitative estimate of drug-likeness (QED) is 0.342. The third-order valence-electron chi connectivity index (χ3n) is 1.18. The molecule has 4 nitrogen and oxygen atoms in total. The zero-order valence-electron chi connectivity index (χ0n) is 8.66. The van der Waals surface area contributed by atoms with E-state index in [1.807, 2.05) is 13.8 Å². The second kappa shape index (κ2) is 23.0. The maximum absolute atomic E-state index is 7.70. The fraction of sp³-hybridized carbons (Fsp3) is 1.00. The molecule has 0 saturated carbocycles. The molecule has 0 spiro atoms. The number of hydrogen-bond acceptors (Lipinski definition) is 4. The van der Waals surface area contributed by atoms with Crippen molar-refractivity contribution in [3.05, 3.63) is 0 Å². The molecule has 0 aromatic rings. The van der Waals surface area contributed by atoms with E-state index < -0.39 is 0 Å². The molecule has 0 unspecified atom stereocenters. The minimum Gasteiger partial charge on any atom is -0.252 e. The second-order valence-electron chi connectivity index (χ2n) is 2.37. The molecule has 0 rings (SSSR count). The third-order valence-corrected chi connectivity index (χ3v) is 1.18. The van der Waals surface area contributed by atoms with Gasteiger partial charge in [-0.05, 0) is 12.8 Å². The molecular weight excluding hydrogens is 272 g/mol. The van der Waals surface area contributed by atoms with Crippen LogP contribution in [0.25, 0.3) is 0 Å². The maximum atomic E-state index is 7.70. The van der Waals surface area contributed by atoms with Gasteiger partial charge in [0, 0.05) is 27.3 Å². The van der Waals surface area contributed by atoms with Crippen LogP contribution in [0.5, 0.6) is 0 Å². The van der Waals surface area contributed by atoms with E-state index in [0.29, 0.717) is 13.2 Å². The van der Waals surface area contributed by atoms with Gasteiger partial charge < -0.3 is 0 Å². The van der Waals surface area contributed by atoms with E-state index in [-0.39, 0.29) is 27.3 Å². The zero-order chi connectivity index (χ0) is 9.66.